The number of rotatable bonds is 7. The summed E-state index contributed by atoms with van der Waals surface area (Å²) in [7, 11) is 0. The number of aromatic nitrogens is 1. The summed E-state index contributed by atoms with van der Waals surface area (Å²) in [4.78, 5) is 12.8. The number of anilines is 1. The average molecular weight is 352 g/mol. The van der Waals surface area contributed by atoms with Crippen molar-refractivity contribution in [1.29, 1.82) is 0 Å². The molecule has 0 radical (unpaired) electrons. The standard InChI is InChI=1S/C21H24N2O3/c1-4-25-17-10-11-19-16(14-17)12-13-23(19)15(3)21(24)22-18-8-6-7-9-20(18)26-5-2/h6-15H,4-5H2,1-3H3,(H,22,24). The molecule has 1 atom stereocenters. The molecule has 0 aliphatic carbocycles. The van der Waals surface area contributed by atoms with Crippen LogP contribution in [0.25, 0.3) is 10.9 Å². The summed E-state index contributed by atoms with van der Waals surface area (Å²) >= 11 is 0. The van der Waals surface area contributed by atoms with Gasteiger partial charge in [0.2, 0.25) is 5.91 Å². The highest BCUT2D eigenvalue weighted by Gasteiger charge is 2.18. The Morgan fingerprint density at radius 2 is 1.85 bits per heavy atom. The van der Waals surface area contributed by atoms with Crippen molar-refractivity contribution in [3.8, 4) is 11.5 Å². The topological polar surface area (TPSA) is 52.5 Å². The monoisotopic (exact) mass is 352 g/mol. The summed E-state index contributed by atoms with van der Waals surface area (Å²) in [6.07, 6.45) is 1.93. The highest BCUT2D eigenvalue weighted by atomic mass is 16.5. The third-order valence-corrected chi connectivity index (χ3v) is 4.24. The summed E-state index contributed by atoms with van der Waals surface area (Å²) in [6.45, 7) is 6.94. The minimum absolute atomic E-state index is 0.0939. The molecule has 0 fully saturated rings. The van der Waals surface area contributed by atoms with Gasteiger partial charge in [-0.05, 0) is 57.2 Å². The highest BCUT2D eigenvalue weighted by Crippen LogP contribution is 2.27. The van der Waals surface area contributed by atoms with E-state index >= 15 is 0 Å². The van der Waals surface area contributed by atoms with Crippen molar-refractivity contribution >= 4 is 22.5 Å². The third kappa shape index (κ3) is 3.67. The van der Waals surface area contributed by atoms with Crippen LogP contribution in [0.15, 0.2) is 54.7 Å². The molecule has 136 valence electrons. The Kier molecular flexibility index (Phi) is 5.46. The van der Waals surface area contributed by atoms with Crippen LogP contribution in [-0.4, -0.2) is 23.7 Å². The van der Waals surface area contributed by atoms with Crippen molar-refractivity contribution in [2.75, 3.05) is 18.5 Å². The fraction of sp³-hybridized carbons (Fsp3) is 0.286. The molecule has 1 amide bonds. The van der Waals surface area contributed by atoms with Gasteiger partial charge in [0.25, 0.3) is 0 Å². The SMILES string of the molecule is CCOc1ccc2c(ccn2C(C)C(=O)Nc2ccccc2OCC)c1. The summed E-state index contributed by atoms with van der Waals surface area (Å²) in [5.74, 6) is 1.42. The van der Waals surface area contributed by atoms with Crippen molar-refractivity contribution in [2.45, 2.75) is 26.8 Å². The lowest BCUT2D eigenvalue weighted by molar-refractivity contribution is -0.118. The minimum Gasteiger partial charge on any atom is -0.494 e. The maximum Gasteiger partial charge on any atom is 0.247 e. The van der Waals surface area contributed by atoms with Crippen molar-refractivity contribution in [1.82, 2.24) is 4.57 Å². The molecule has 5 heteroatoms. The van der Waals surface area contributed by atoms with Crippen LogP contribution < -0.4 is 14.8 Å². The molecule has 0 spiro atoms. The second kappa shape index (κ2) is 7.95. The maximum atomic E-state index is 12.8. The first-order valence-electron chi connectivity index (χ1n) is 8.90. The number of ether oxygens (including phenoxy) is 2. The van der Waals surface area contributed by atoms with E-state index in [2.05, 4.69) is 5.32 Å². The zero-order valence-electron chi connectivity index (χ0n) is 15.4. The van der Waals surface area contributed by atoms with Gasteiger partial charge in [0.05, 0.1) is 18.9 Å². The molecule has 0 saturated heterocycles. The number of carbonyl (C=O) groups excluding carboxylic acids is 1. The van der Waals surface area contributed by atoms with Gasteiger partial charge in [0.15, 0.2) is 0 Å². The number of nitrogens with zero attached hydrogens (tertiary/aromatic N) is 1. The second-order valence-electron chi connectivity index (χ2n) is 5.97. The van der Waals surface area contributed by atoms with Crippen molar-refractivity contribution in [2.24, 2.45) is 0 Å². The first kappa shape index (κ1) is 17.9. The van der Waals surface area contributed by atoms with Gasteiger partial charge in [0, 0.05) is 17.1 Å². The smallest absolute Gasteiger partial charge is 0.247 e. The molecule has 1 heterocycles. The summed E-state index contributed by atoms with van der Waals surface area (Å²) in [5.41, 5.74) is 1.68. The van der Waals surface area contributed by atoms with Gasteiger partial charge in [-0.3, -0.25) is 4.79 Å². The largest absolute Gasteiger partial charge is 0.494 e. The molecule has 0 aliphatic heterocycles. The molecule has 0 aliphatic rings. The summed E-state index contributed by atoms with van der Waals surface area (Å²) in [5, 5.41) is 4.02. The number of benzene rings is 2. The zero-order valence-corrected chi connectivity index (χ0v) is 15.4. The van der Waals surface area contributed by atoms with E-state index in [1.807, 2.05) is 80.1 Å². The molecular formula is C21H24N2O3. The van der Waals surface area contributed by atoms with E-state index in [4.69, 9.17) is 9.47 Å². The Labute approximate surface area is 153 Å². The van der Waals surface area contributed by atoms with Crippen molar-refractivity contribution < 1.29 is 14.3 Å². The molecule has 2 aromatic carbocycles. The quantitative estimate of drug-likeness (QED) is 0.674. The van der Waals surface area contributed by atoms with E-state index in [0.717, 1.165) is 16.7 Å². The lowest BCUT2D eigenvalue weighted by atomic mass is 10.2. The first-order chi connectivity index (χ1) is 12.6. The van der Waals surface area contributed by atoms with Gasteiger partial charge in [0.1, 0.15) is 17.5 Å². The van der Waals surface area contributed by atoms with Gasteiger partial charge in [-0.15, -0.1) is 0 Å². The molecule has 0 saturated carbocycles. The van der Waals surface area contributed by atoms with Crippen LogP contribution >= 0.6 is 0 Å². The fourth-order valence-corrected chi connectivity index (χ4v) is 2.95. The average Bonchev–Trinajstić information content (AvgIpc) is 3.06. The van der Waals surface area contributed by atoms with Gasteiger partial charge < -0.3 is 19.4 Å². The van der Waals surface area contributed by atoms with Crippen LogP contribution in [0.2, 0.25) is 0 Å². The van der Waals surface area contributed by atoms with Crippen molar-refractivity contribution in [3.05, 3.63) is 54.7 Å². The fourth-order valence-electron chi connectivity index (χ4n) is 2.95. The number of carbonyl (C=O) groups is 1. The maximum absolute atomic E-state index is 12.8. The number of nitrogens with one attached hydrogen (secondary N) is 1. The minimum atomic E-state index is -0.361. The number of amides is 1. The molecule has 26 heavy (non-hydrogen) atoms. The van der Waals surface area contributed by atoms with E-state index in [1.165, 1.54) is 0 Å². The van der Waals surface area contributed by atoms with Gasteiger partial charge in [-0.2, -0.15) is 0 Å². The van der Waals surface area contributed by atoms with Gasteiger partial charge in [-0.1, -0.05) is 12.1 Å². The molecule has 3 rings (SSSR count). The molecular weight excluding hydrogens is 328 g/mol. The number of para-hydroxylation sites is 2. The summed E-state index contributed by atoms with van der Waals surface area (Å²) in [6, 6.07) is 15.0. The van der Waals surface area contributed by atoms with Crippen LogP contribution in [0.3, 0.4) is 0 Å². The Morgan fingerprint density at radius 3 is 2.62 bits per heavy atom. The van der Waals surface area contributed by atoms with E-state index in [9.17, 15) is 4.79 Å². The Balaban J connectivity index is 1.82. The Bertz CT molecular complexity index is 901. The Hall–Kier alpha value is -2.95. The second-order valence-corrected chi connectivity index (χ2v) is 5.97. The number of hydrogen-bond acceptors (Lipinski definition) is 3. The lowest BCUT2D eigenvalue weighted by Gasteiger charge is -2.17. The highest BCUT2D eigenvalue weighted by molar-refractivity contribution is 5.96. The molecule has 5 nitrogen and oxygen atoms in total. The first-order valence-corrected chi connectivity index (χ1v) is 8.90. The van der Waals surface area contributed by atoms with Crippen LogP contribution in [0.5, 0.6) is 11.5 Å². The van der Waals surface area contributed by atoms with Crippen LogP contribution in [0.1, 0.15) is 26.8 Å². The summed E-state index contributed by atoms with van der Waals surface area (Å²) < 4.78 is 13.1. The van der Waals surface area contributed by atoms with Crippen LogP contribution in [0.4, 0.5) is 5.69 Å². The molecule has 3 aromatic rings. The zero-order chi connectivity index (χ0) is 18.5. The molecule has 1 unspecified atom stereocenters. The van der Waals surface area contributed by atoms with Crippen LogP contribution in [-0.2, 0) is 4.79 Å². The van der Waals surface area contributed by atoms with E-state index < -0.39 is 0 Å². The van der Waals surface area contributed by atoms with Crippen molar-refractivity contribution in [3.63, 3.8) is 0 Å². The van der Waals surface area contributed by atoms with Gasteiger partial charge in [-0.25, -0.2) is 0 Å². The van der Waals surface area contributed by atoms with Gasteiger partial charge >= 0.3 is 0 Å². The third-order valence-electron chi connectivity index (χ3n) is 4.24. The van der Waals surface area contributed by atoms with E-state index in [0.29, 0.717) is 24.7 Å². The van der Waals surface area contributed by atoms with Crippen LogP contribution in [0, 0.1) is 0 Å². The Morgan fingerprint density at radius 1 is 1.08 bits per heavy atom. The predicted octanol–water partition coefficient (Wildman–Crippen LogP) is 4.64. The molecule has 0 bridgehead atoms. The normalized spacial score (nSPS) is 12.0. The molecule has 1 aromatic heterocycles. The lowest BCUT2D eigenvalue weighted by Crippen LogP contribution is -2.23. The number of fused-ring (bicyclic) bond motifs is 1. The number of hydrogen-bond donors (Lipinski definition) is 1. The van der Waals surface area contributed by atoms with E-state index in [1.54, 1.807) is 0 Å². The van der Waals surface area contributed by atoms with E-state index in [-0.39, 0.29) is 11.9 Å². The predicted molar refractivity (Wildman–Crippen MR) is 104 cm³/mol. The molecule has 1 N–H and O–H groups in total.